The van der Waals surface area contributed by atoms with E-state index in [1.54, 1.807) is 35.9 Å². The van der Waals surface area contributed by atoms with Crippen LogP contribution in [0.1, 0.15) is 23.2 Å². The Balaban J connectivity index is 1.65. The first kappa shape index (κ1) is 22.2. The number of benzene rings is 1. The van der Waals surface area contributed by atoms with Crippen LogP contribution in [-0.2, 0) is 21.5 Å². The lowest BCUT2D eigenvalue weighted by Crippen LogP contribution is -2.49. The SMILES string of the molecule is Cc1cc2c(c(=O)n1CCCN1CCOCC1)C1(C(=O)N(C)c3ccccc31)C(C#N)=C(N)O2. The summed E-state index contributed by atoms with van der Waals surface area (Å²) in [5.74, 6) is -0.322. The molecule has 9 heteroatoms. The highest BCUT2D eigenvalue weighted by Crippen LogP contribution is 2.53. The van der Waals surface area contributed by atoms with E-state index in [-0.39, 0.29) is 28.3 Å². The smallest absolute Gasteiger partial charge is 0.259 e. The molecular weight excluding hydrogens is 434 g/mol. The lowest BCUT2D eigenvalue weighted by Gasteiger charge is -2.34. The first-order valence-corrected chi connectivity index (χ1v) is 11.4. The number of amides is 1. The van der Waals surface area contributed by atoms with Crippen molar-refractivity contribution in [3.8, 4) is 11.8 Å². The molecule has 176 valence electrons. The second-order valence-corrected chi connectivity index (χ2v) is 8.87. The summed E-state index contributed by atoms with van der Waals surface area (Å²) in [6, 6.07) is 11.0. The second-order valence-electron chi connectivity index (χ2n) is 8.87. The Morgan fingerprint density at radius 2 is 1.91 bits per heavy atom. The Morgan fingerprint density at radius 3 is 2.65 bits per heavy atom. The number of morpholine rings is 1. The Bertz CT molecular complexity index is 1300. The van der Waals surface area contributed by atoms with Crippen molar-refractivity contribution in [2.75, 3.05) is 44.8 Å². The number of aryl methyl sites for hydroxylation is 1. The maximum absolute atomic E-state index is 14.0. The standard InChI is InChI=1S/C25H27N5O4/c1-16-14-20-21(23(31)30(16)9-5-8-29-10-12-33-13-11-29)25(18(15-26)22(27)34-20)17-6-3-4-7-19(17)28(2)24(25)32/h3-4,6-7,14H,5,8-13,27H2,1-2H3. The zero-order valence-electron chi connectivity index (χ0n) is 19.3. The summed E-state index contributed by atoms with van der Waals surface area (Å²) in [6.07, 6.45) is 0.765. The van der Waals surface area contributed by atoms with Crippen LogP contribution in [0.25, 0.3) is 0 Å². The minimum atomic E-state index is -1.63. The molecule has 2 N–H and O–H groups in total. The van der Waals surface area contributed by atoms with Crippen LogP contribution in [0.5, 0.6) is 5.75 Å². The van der Waals surface area contributed by atoms with E-state index in [1.165, 1.54) is 4.90 Å². The fourth-order valence-corrected chi connectivity index (χ4v) is 5.38. The molecule has 1 atom stereocenters. The van der Waals surface area contributed by atoms with E-state index in [2.05, 4.69) is 11.0 Å². The Kier molecular flexibility index (Phi) is 5.42. The average molecular weight is 462 g/mol. The maximum atomic E-state index is 14.0. The van der Waals surface area contributed by atoms with E-state index in [9.17, 15) is 14.9 Å². The molecule has 0 bridgehead atoms. The van der Waals surface area contributed by atoms with Crippen molar-refractivity contribution in [1.82, 2.24) is 9.47 Å². The van der Waals surface area contributed by atoms with Crippen molar-refractivity contribution >= 4 is 11.6 Å². The molecule has 9 nitrogen and oxygen atoms in total. The lowest BCUT2D eigenvalue weighted by atomic mass is 9.69. The molecule has 4 heterocycles. The van der Waals surface area contributed by atoms with E-state index in [4.69, 9.17) is 15.2 Å². The van der Waals surface area contributed by atoms with Gasteiger partial charge in [-0.1, -0.05) is 18.2 Å². The summed E-state index contributed by atoms with van der Waals surface area (Å²) in [6.45, 7) is 6.36. The van der Waals surface area contributed by atoms with Crippen LogP contribution < -0.4 is 20.9 Å². The maximum Gasteiger partial charge on any atom is 0.259 e. The fourth-order valence-electron chi connectivity index (χ4n) is 5.38. The van der Waals surface area contributed by atoms with Crippen molar-refractivity contribution in [1.29, 1.82) is 5.26 Å². The van der Waals surface area contributed by atoms with E-state index in [0.717, 1.165) is 39.3 Å². The van der Waals surface area contributed by atoms with Gasteiger partial charge in [0.25, 0.3) is 5.56 Å². The summed E-state index contributed by atoms with van der Waals surface area (Å²) in [7, 11) is 1.64. The molecule has 1 unspecified atom stereocenters. The number of nitriles is 1. The molecule has 3 aliphatic rings. The van der Waals surface area contributed by atoms with Gasteiger partial charge in [-0.25, -0.2) is 0 Å². The number of carbonyl (C=O) groups excluding carboxylic acids is 1. The Labute approximate surface area is 197 Å². The number of pyridine rings is 1. The van der Waals surface area contributed by atoms with Crippen molar-refractivity contribution < 1.29 is 14.3 Å². The number of rotatable bonds is 4. The van der Waals surface area contributed by atoms with E-state index in [0.29, 0.717) is 23.5 Å². The largest absolute Gasteiger partial charge is 0.440 e. The molecule has 1 fully saturated rings. The van der Waals surface area contributed by atoms with Gasteiger partial charge in [0.1, 0.15) is 17.4 Å². The van der Waals surface area contributed by atoms with Crippen LogP contribution in [0.3, 0.4) is 0 Å². The highest BCUT2D eigenvalue weighted by molar-refractivity contribution is 6.13. The number of likely N-dealkylation sites (N-methyl/N-ethyl adjacent to an activating group) is 1. The van der Waals surface area contributed by atoms with Crippen molar-refractivity contribution in [3.05, 3.63) is 69.0 Å². The van der Waals surface area contributed by atoms with E-state index < -0.39 is 11.3 Å². The molecular formula is C25H27N5O4. The van der Waals surface area contributed by atoms with Crippen molar-refractivity contribution in [2.45, 2.75) is 25.3 Å². The van der Waals surface area contributed by atoms with Crippen molar-refractivity contribution in [3.63, 3.8) is 0 Å². The number of fused-ring (bicyclic) bond motifs is 4. The van der Waals surface area contributed by atoms with Gasteiger partial charge in [-0.15, -0.1) is 0 Å². The Hall–Kier alpha value is -3.61. The van der Waals surface area contributed by atoms with Crippen LogP contribution >= 0.6 is 0 Å². The average Bonchev–Trinajstić information content (AvgIpc) is 3.05. The number of carbonyl (C=O) groups is 1. The molecule has 1 aromatic carbocycles. The fraction of sp³-hybridized carbons (Fsp3) is 0.400. The minimum Gasteiger partial charge on any atom is -0.440 e. The number of para-hydroxylation sites is 1. The molecule has 1 saturated heterocycles. The predicted molar refractivity (Wildman–Crippen MR) is 125 cm³/mol. The summed E-state index contributed by atoms with van der Waals surface area (Å²) in [5, 5.41) is 10.1. The molecule has 0 aliphatic carbocycles. The number of ether oxygens (including phenoxy) is 2. The number of hydrogen-bond donors (Lipinski definition) is 1. The van der Waals surface area contributed by atoms with Gasteiger partial charge >= 0.3 is 0 Å². The predicted octanol–water partition coefficient (Wildman–Crippen LogP) is 1.23. The van der Waals surface area contributed by atoms with Crippen LogP contribution in [-0.4, -0.2) is 55.3 Å². The number of nitrogens with two attached hydrogens (primary N) is 1. The molecule has 3 aliphatic heterocycles. The molecule has 34 heavy (non-hydrogen) atoms. The van der Waals surface area contributed by atoms with E-state index >= 15 is 0 Å². The van der Waals surface area contributed by atoms with Gasteiger partial charge in [0.15, 0.2) is 5.41 Å². The van der Waals surface area contributed by atoms with Gasteiger partial charge in [-0.3, -0.25) is 14.5 Å². The topological polar surface area (TPSA) is 114 Å². The molecule has 0 radical (unpaired) electrons. The lowest BCUT2D eigenvalue weighted by molar-refractivity contribution is -0.120. The second kappa shape index (κ2) is 8.31. The molecule has 1 aromatic heterocycles. The molecule has 1 amide bonds. The molecule has 0 saturated carbocycles. The minimum absolute atomic E-state index is 0.0531. The molecule has 2 aromatic rings. The van der Waals surface area contributed by atoms with Gasteiger partial charge in [0, 0.05) is 56.2 Å². The summed E-state index contributed by atoms with van der Waals surface area (Å²) < 4.78 is 12.8. The van der Waals surface area contributed by atoms with Crippen LogP contribution in [0, 0.1) is 18.3 Å². The van der Waals surface area contributed by atoms with E-state index in [1.807, 2.05) is 13.0 Å². The summed E-state index contributed by atoms with van der Waals surface area (Å²) in [4.78, 5) is 31.7. The zero-order chi connectivity index (χ0) is 24.0. The molecule has 1 spiro atoms. The summed E-state index contributed by atoms with van der Waals surface area (Å²) >= 11 is 0. The zero-order valence-corrected chi connectivity index (χ0v) is 19.3. The number of anilines is 1. The van der Waals surface area contributed by atoms with Gasteiger partial charge in [0.05, 0.1) is 18.8 Å². The van der Waals surface area contributed by atoms with Gasteiger partial charge in [-0.2, -0.15) is 5.26 Å². The normalized spacial score (nSPS) is 21.9. The quantitative estimate of drug-likeness (QED) is 0.728. The first-order chi connectivity index (χ1) is 16.4. The highest BCUT2D eigenvalue weighted by Gasteiger charge is 2.60. The highest BCUT2D eigenvalue weighted by atomic mass is 16.5. The Morgan fingerprint density at radius 1 is 1.18 bits per heavy atom. The summed E-state index contributed by atoms with van der Waals surface area (Å²) in [5.41, 5.74) is 6.20. The van der Waals surface area contributed by atoms with Gasteiger partial charge < -0.3 is 24.7 Å². The third-order valence-corrected chi connectivity index (χ3v) is 7.05. The van der Waals surface area contributed by atoms with Crippen molar-refractivity contribution in [2.24, 2.45) is 5.73 Å². The third kappa shape index (κ3) is 3.06. The van der Waals surface area contributed by atoms with Crippen LogP contribution in [0.2, 0.25) is 0 Å². The van der Waals surface area contributed by atoms with Gasteiger partial charge in [0.2, 0.25) is 11.8 Å². The third-order valence-electron chi connectivity index (χ3n) is 7.05. The monoisotopic (exact) mass is 461 g/mol. The number of aromatic nitrogens is 1. The van der Waals surface area contributed by atoms with Crippen LogP contribution in [0.15, 0.2) is 46.6 Å². The first-order valence-electron chi connectivity index (χ1n) is 11.4. The number of hydrogen-bond acceptors (Lipinski definition) is 7. The molecule has 5 rings (SSSR count). The number of nitrogens with zero attached hydrogens (tertiary/aromatic N) is 4. The van der Waals surface area contributed by atoms with Gasteiger partial charge in [-0.05, 0) is 19.4 Å². The van der Waals surface area contributed by atoms with Crippen LogP contribution in [0.4, 0.5) is 5.69 Å².